The lowest BCUT2D eigenvalue weighted by atomic mass is 10.1. The summed E-state index contributed by atoms with van der Waals surface area (Å²) in [6.07, 6.45) is 3.24. The largest absolute Gasteiger partial charge is 0.425 e. The molecule has 1 amide bonds. The highest BCUT2D eigenvalue weighted by molar-refractivity contribution is 5.94. The molecular formula is C11H11N3O2. The van der Waals surface area contributed by atoms with Crippen molar-refractivity contribution >= 4 is 5.91 Å². The third-order valence-electron chi connectivity index (χ3n) is 2.23. The normalized spacial score (nSPS) is 10.1. The van der Waals surface area contributed by atoms with Gasteiger partial charge in [-0.15, -0.1) is 0 Å². The highest BCUT2D eigenvalue weighted by Gasteiger charge is 2.10. The second-order valence-electron chi connectivity index (χ2n) is 3.29. The number of aromatic nitrogens is 2. The van der Waals surface area contributed by atoms with E-state index in [0.29, 0.717) is 22.9 Å². The zero-order chi connectivity index (χ0) is 11.5. The van der Waals surface area contributed by atoms with Gasteiger partial charge in [-0.2, -0.15) is 0 Å². The molecule has 0 atom stereocenters. The van der Waals surface area contributed by atoms with Crippen molar-refractivity contribution < 1.29 is 9.53 Å². The minimum atomic E-state index is -0.470. The average molecular weight is 217 g/mol. The second-order valence-corrected chi connectivity index (χ2v) is 3.29. The van der Waals surface area contributed by atoms with Crippen LogP contribution in [0.15, 0.2) is 30.6 Å². The molecule has 0 unspecified atom stereocenters. The topological polar surface area (TPSA) is 81.0 Å². The number of hydrogen-bond donors (Lipinski definition) is 2. The molecule has 0 aliphatic rings. The Morgan fingerprint density at radius 2 is 2.31 bits per heavy atom. The molecular weight excluding hydrogens is 206 g/mol. The zero-order valence-corrected chi connectivity index (χ0v) is 8.73. The van der Waals surface area contributed by atoms with Crippen molar-refractivity contribution in [3.05, 3.63) is 41.7 Å². The zero-order valence-electron chi connectivity index (χ0n) is 8.73. The van der Waals surface area contributed by atoms with Crippen molar-refractivity contribution in [1.82, 2.24) is 9.97 Å². The summed E-state index contributed by atoms with van der Waals surface area (Å²) >= 11 is 0. The van der Waals surface area contributed by atoms with E-state index in [4.69, 9.17) is 10.5 Å². The van der Waals surface area contributed by atoms with Crippen molar-refractivity contribution in [2.75, 3.05) is 0 Å². The van der Waals surface area contributed by atoms with Crippen molar-refractivity contribution in [1.29, 1.82) is 0 Å². The third-order valence-corrected chi connectivity index (χ3v) is 2.23. The highest BCUT2D eigenvalue weighted by atomic mass is 16.5. The number of carbonyl (C=O) groups is 1. The summed E-state index contributed by atoms with van der Waals surface area (Å²) in [5.41, 5.74) is 6.39. The van der Waals surface area contributed by atoms with Crippen molar-refractivity contribution in [3.8, 4) is 11.8 Å². The van der Waals surface area contributed by atoms with E-state index in [-0.39, 0.29) is 0 Å². The van der Waals surface area contributed by atoms with E-state index in [1.165, 1.54) is 0 Å². The Hall–Kier alpha value is -2.30. The van der Waals surface area contributed by atoms with Crippen molar-refractivity contribution in [2.45, 2.75) is 6.92 Å². The fourth-order valence-corrected chi connectivity index (χ4v) is 1.40. The number of nitrogens with two attached hydrogens (primary N) is 1. The summed E-state index contributed by atoms with van der Waals surface area (Å²) in [5, 5.41) is 0. The first-order valence-corrected chi connectivity index (χ1v) is 4.75. The number of rotatable bonds is 3. The molecule has 0 aliphatic carbocycles. The van der Waals surface area contributed by atoms with Crippen molar-refractivity contribution in [3.63, 3.8) is 0 Å². The van der Waals surface area contributed by atoms with Crippen LogP contribution >= 0.6 is 0 Å². The second kappa shape index (κ2) is 4.06. The first kappa shape index (κ1) is 10.2. The summed E-state index contributed by atoms with van der Waals surface area (Å²) in [4.78, 5) is 17.9. The molecule has 0 aliphatic heterocycles. The summed E-state index contributed by atoms with van der Waals surface area (Å²) in [6, 6.07) is 5.51. The van der Waals surface area contributed by atoms with Gasteiger partial charge in [-0.25, -0.2) is 4.98 Å². The number of primary amides is 1. The number of ether oxygens (including phenoxy) is 1. The van der Waals surface area contributed by atoms with Gasteiger partial charge in [0.15, 0.2) is 0 Å². The molecule has 1 aromatic heterocycles. The quantitative estimate of drug-likeness (QED) is 0.819. The summed E-state index contributed by atoms with van der Waals surface area (Å²) < 4.78 is 5.47. The number of hydrogen-bond acceptors (Lipinski definition) is 3. The predicted molar refractivity (Wildman–Crippen MR) is 58.4 cm³/mol. The van der Waals surface area contributed by atoms with Crippen LogP contribution in [-0.2, 0) is 0 Å². The minimum absolute atomic E-state index is 0.379. The lowest BCUT2D eigenvalue weighted by Gasteiger charge is -2.08. The van der Waals surface area contributed by atoms with E-state index in [9.17, 15) is 4.79 Å². The van der Waals surface area contributed by atoms with Gasteiger partial charge in [0, 0.05) is 23.5 Å². The van der Waals surface area contributed by atoms with Crippen LogP contribution in [0, 0.1) is 6.92 Å². The SMILES string of the molecule is Cc1c(Oc2ncc[nH]2)cccc1C(N)=O. The predicted octanol–water partition coefficient (Wildman–Crippen LogP) is 1.61. The van der Waals surface area contributed by atoms with Crippen LogP contribution in [0.1, 0.15) is 15.9 Å². The minimum Gasteiger partial charge on any atom is -0.425 e. The molecule has 0 saturated carbocycles. The van der Waals surface area contributed by atoms with Crippen LogP contribution in [0.25, 0.3) is 0 Å². The molecule has 1 heterocycles. The van der Waals surface area contributed by atoms with Crippen LogP contribution in [0.3, 0.4) is 0 Å². The molecule has 1 aromatic carbocycles. The highest BCUT2D eigenvalue weighted by Crippen LogP contribution is 2.24. The molecule has 2 aromatic rings. The maximum atomic E-state index is 11.1. The molecule has 5 heteroatoms. The summed E-state index contributed by atoms with van der Waals surface area (Å²) in [5.74, 6) is 0.0913. The van der Waals surface area contributed by atoms with Crippen LogP contribution < -0.4 is 10.5 Å². The molecule has 0 bridgehead atoms. The molecule has 2 rings (SSSR count). The number of imidazole rings is 1. The average Bonchev–Trinajstić information content (AvgIpc) is 2.73. The molecule has 0 saturated heterocycles. The Bertz CT molecular complexity index is 506. The van der Waals surface area contributed by atoms with E-state index < -0.39 is 5.91 Å². The van der Waals surface area contributed by atoms with Crippen LogP contribution in [-0.4, -0.2) is 15.9 Å². The molecule has 0 spiro atoms. The monoisotopic (exact) mass is 217 g/mol. The summed E-state index contributed by atoms with van der Waals surface area (Å²) in [7, 11) is 0. The standard InChI is InChI=1S/C11H11N3O2/c1-7-8(10(12)15)3-2-4-9(7)16-11-13-5-6-14-11/h2-6H,1H3,(H2,12,15)(H,13,14). The van der Waals surface area contributed by atoms with Crippen molar-refractivity contribution in [2.24, 2.45) is 5.73 Å². The van der Waals surface area contributed by atoms with E-state index in [1.54, 1.807) is 37.5 Å². The van der Waals surface area contributed by atoms with E-state index in [1.807, 2.05) is 0 Å². The Balaban J connectivity index is 2.35. The van der Waals surface area contributed by atoms with Gasteiger partial charge in [0.05, 0.1) is 0 Å². The van der Waals surface area contributed by atoms with Crippen LogP contribution in [0.4, 0.5) is 0 Å². The number of amides is 1. The summed E-state index contributed by atoms with van der Waals surface area (Å²) in [6.45, 7) is 1.78. The number of nitrogens with zero attached hydrogens (tertiary/aromatic N) is 1. The Morgan fingerprint density at radius 3 is 2.94 bits per heavy atom. The first-order chi connectivity index (χ1) is 7.68. The molecule has 3 N–H and O–H groups in total. The van der Waals surface area contributed by atoms with Gasteiger partial charge in [-0.3, -0.25) is 4.79 Å². The maximum Gasteiger partial charge on any atom is 0.299 e. The number of benzene rings is 1. The van der Waals surface area contributed by atoms with Gasteiger partial charge in [-0.1, -0.05) is 6.07 Å². The van der Waals surface area contributed by atoms with Gasteiger partial charge in [-0.05, 0) is 19.1 Å². The van der Waals surface area contributed by atoms with Crippen LogP contribution in [0.5, 0.6) is 11.8 Å². The molecule has 82 valence electrons. The first-order valence-electron chi connectivity index (χ1n) is 4.75. The Kier molecular flexibility index (Phi) is 2.59. The number of nitrogens with one attached hydrogen (secondary N) is 1. The number of carbonyl (C=O) groups excluding carboxylic acids is 1. The van der Waals surface area contributed by atoms with Gasteiger partial charge in [0.2, 0.25) is 5.91 Å². The number of aromatic amines is 1. The van der Waals surface area contributed by atoms with Gasteiger partial charge in [0.1, 0.15) is 5.75 Å². The number of H-pyrrole nitrogens is 1. The fourth-order valence-electron chi connectivity index (χ4n) is 1.40. The fraction of sp³-hybridized carbons (Fsp3) is 0.0909. The van der Waals surface area contributed by atoms with Gasteiger partial charge >= 0.3 is 0 Å². The van der Waals surface area contributed by atoms with E-state index >= 15 is 0 Å². The molecule has 16 heavy (non-hydrogen) atoms. The lowest BCUT2D eigenvalue weighted by Crippen LogP contribution is -2.12. The van der Waals surface area contributed by atoms with E-state index in [2.05, 4.69) is 9.97 Å². The molecule has 5 nitrogen and oxygen atoms in total. The van der Waals surface area contributed by atoms with Gasteiger partial charge in [0.25, 0.3) is 6.01 Å². The molecule has 0 radical (unpaired) electrons. The Labute approximate surface area is 92.3 Å². The van der Waals surface area contributed by atoms with Crippen LogP contribution in [0.2, 0.25) is 0 Å². The van der Waals surface area contributed by atoms with E-state index in [0.717, 1.165) is 0 Å². The Morgan fingerprint density at radius 1 is 1.50 bits per heavy atom. The maximum absolute atomic E-state index is 11.1. The van der Waals surface area contributed by atoms with Gasteiger partial charge < -0.3 is 15.5 Å². The molecule has 0 fully saturated rings. The third kappa shape index (κ3) is 1.88. The lowest BCUT2D eigenvalue weighted by molar-refractivity contribution is 0.0999. The smallest absolute Gasteiger partial charge is 0.299 e.